The molecule has 0 fully saturated rings. The minimum absolute atomic E-state index is 0.163. The van der Waals surface area contributed by atoms with Gasteiger partial charge in [-0.05, 0) is 32.0 Å². The fourth-order valence-corrected chi connectivity index (χ4v) is 1.30. The molecule has 4 nitrogen and oxygen atoms in total. The average molecular weight is 256 g/mol. The molecule has 100 valence electrons. The van der Waals surface area contributed by atoms with E-state index in [-0.39, 0.29) is 16.9 Å². The second-order valence-corrected chi connectivity index (χ2v) is 4.51. The van der Waals surface area contributed by atoms with Crippen molar-refractivity contribution in [2.24, 2.45) is 0 Å². The lowest BCUT2D eigenvalue weighted by Gasteiger charge is -2.22. The van der Waals surface area contributed by atoms with Gasteiger partial charge in [-0.15, -0.1) is 0 Å². The number of ether oxygens (including phenoxy) is 2. The molecule has 0 aromatic heterocycles. The summed E-state index contributed by atoms with van der Waals surface area (Å²) in [6.45, 7) is 4.10. The third-order valence-corrected chi connectivity index (χ3v) is 2.69. The van der Waals surface area contributed by atoms with Crippen LogP contribution in [-0.2, 0) is 4.74 Å². The molecule has 1 rings (SSSR count). The van der Waals surface area contributed by atoms with Gasteiger partial charge in [0.1, 0.15) is 17.1 Å². The number of carboxylic acid groups (broad SMARTS) is 1. The Hall–Kier alpha value is -1.62. The molecule has 0 aliphatic carbocycles. The average Bonchev–Trinajstić information content (AvgIpc) is 2.30. The van der Waals surface area contributed by atoms with Crippen molar-refractivity contribution in [3.8, 4) is 5.75 Å². The van der Waals surface area contributed by atoms with Crippen LogP contribution in [0.25, 0.3) is 0 Å². The zero-order chi connectivity index (χ0) is 13.8. The number of carbonyl (C=O) groups is 1. The molecule has 5 heteroatoms. The molecule has 0 saturated heterocycles. The number of rotatable bonds is 6. The molecule has 0 aliphatic rings. The first-order chi connectivity index (χ1) is 8.35. The lowest BCUT2D eigenvalue weighted by atomic mass is 10.1. The smallest absolute Gasteiger partial charge is 0.339 e. The van der Waals surface area contributed by atoms with Gasteiger partial charge >= 0.3 is 5.97 Å². The fourth-order valence-electron chi connectivity index (χ4n) is 1.30. The van der Waals surface area contributed by atoms with Gasteiger partial charge in [0.15, 0.2) is 0 Å². The molecular weight excluding hydrogens is 239 g/mol. The summed E-state index contributed by atoms with van der Waals surface area (Å²) in [4.78, 5) is 10.9. The highest BCUT2D eigenvalue weighted by Crippen LogP contribution is 2.21. The first-order valence-corrected chi connectivity index (χ1v) is 5.56. The zero-order valence-corrected chi connectivity index (χ0v) is 10.7. The number of carboxylic acids is 1. The number of benzene rings is 1. The number of halogens is 1. The van der Waals surface area contributed by atoms with Crippen molar-refractivity contribution in [2.45, 2.75) is 25.9 Å². The topological polar surface area (TPSA) is 55.8 Å². The molecule has 0 amide bonds. The van der Waals surface area contributed by atoms with E-state index in [9.17, 15) is 9.18 Å². The summed E-state index contributed by atoms with van der Waals surface area (Å²) in [5.41, 5.74) is -0.520. The molecule has 0 spiro atoms. The van der Waals surface area contributed by atoms with Gasteiger partial charge in [0.2, 0.25) is 0 Å². The Morgan fingerprint density at radius 3 is 2.67 bits per heavy atom. The van der Waals surface area contributed by atoms with E-state index in [2.05, 4.69) is 0 Å². The predicted octanol–water partition coefficient (Wildman–Crippen LogP) is 2.72. The summed E-state index contributed by atoms with van der Waals surface area (Å²) in [5, 5.41) is 8.92. The zero-order valence-electron chi connectivity index (χ0n) is 10.7. The van der Waals surface area contributed by atoms with Crippen LogP contribution in [-0.4, -0.2) is 30.4 Å². The van der Waals surface area contributed by atoms with E-state index in [4.69, 9.17) is 14.6 Å². The molecule has 0 atom stereocenters. The van der Waals surface area contributed by atoms with Crippen molar-refractivity contribution in [3.63, 3.8) is 0 Å². The van der Waals surface area contributed by atoms with Crippen LogP contribution >= 0.6 is 0 Å². The summed E-state index contributed by atoms with van der Waals surface area (Å²) < 4.78 is 23.5. The largest absolute Gasteiger partial charge is 0.493 e. The Balaban J connectivity index is 2.70. The molecule has 1 N–H and O–H groups in total. The Morgan fingerprint density at radius 2 is 2.11 bits per heavy atom. The monoisotopic (exact) mass is 256 g/mol. The highest BCUT2D eigenvalue weighted by molar-refractivity contribution is 5.90. The number of hydrogen-bond acceptors (Lipinski definition) is 3. The summed E-state index contributed by atoms with van der Waals surface area (Å²) in [6, 6.07) is 3.43. The molecule has 0 heterocycles. The summed E-state index contributed by atoms with van der Waals surface area (Å²) >= 11 is 0. The van der Waals surface area contributed by atoms with E-state index in [1.54, 1.807) is 7.11 Å². The third-order valence-electron chi connectivity index (χ3n) is 2.69. The van der Waals surface area contributed by atoms with Crippen LogP contribution in [0.5, 0.6) is 5.75 Å². The van der Waals surface area contributed by atoms with Crippen LogP contribution in [0.15, 0.2) is 18.2 Å². The molecule has 18 heavy (non-hydrogen) atoms. The van der Waals surface area contributed by atoms with Crippen molar-refractivity contribution in [3.05, 3.63) is 29.6 Å². The first-order valence-electron chi connectivity index (χ1n) is 5.56. The van der Waals surface area contributed by atoms with Crippen LogP contribution in [0.1, 0.15) is 30.6 Å². The minimum atomic E-state index is -1.21. The van der Waals surface area contributed by atoms with Crippen molar-refractivity contribution in [1.29, 1.82) is 0 Å². The van der Waals surface area contributed by atoms with E-state index in [0.717, 1.165) is 6.07 Å². The van der Waals surface area contributed by atoms with Crippen LogP contribution in [0.3, 0.4) is 0 Å². The van der Waals surface area contributed by atoms with E-state index in [0.29, 0.717) is 13.0 Å². The summed E-state index contributed by atoms with van der Waals surface area (Å²) in [5.74, 6) is -1.65. The summed E-state index contributed by atoms with van der Waals surface area (Å²) in [7, 11) is 1.60. The van der Waals surface area contributed by atoms with E-state index in [1.807, 2.05) is 13.8 Å². The molecule has 0 radical (unpaired) electrons. The second-order valence-electron chi connectivity index (χ2n) is 4.51. The summed E-state index contributed by atoms with van der Waals surface area (Å²) in [6.07, 6.45) is 0.597. The van der Waals surface area contributed by atoms with E-state index in [1.165, 1.54) is 12.1 Å². The van der Waals surface area contributed by atoms with Crippen molar-refractivity contribution >= 4 is 5.97 Å². The van der Waals surface area contributed by atoms with Gasteiger partial charge in [0, 0.05) is 13.5 Å². The Labute approximate surface area is 105 Å². The lowest BCUT2D eigenvalue weighted by Crippen LogP contribution is -2.25. The lowest BCUT2D eigenvalue weighted by molar-refractivity contribution is 0.00537. The minimum Gasteiger partial charge on any atom is -0.493 e. The van der Waals surface area contributed by atoms with Gasteiger partial charge in [-0.2, -0.15) is 0 Å². The van der Waals surface area contributed by atoms with Gasteiger partial charge in [-0.1, -0.05) is 0 Å². The molecule has 0 aliphatic heterocycles. The standard InChI is InChI=1S/C13H17FO4/c1-13(2,17-3)6-7-18-11-5-4-9(14)8-10(11)12(15)16/h4-5,8H,6-7H2,1-3H3,(H,15,16). The number of hydrogen-bond donors (Lipinski definition) is 1. The van der Waals surface area contributed by atoms with Crippen LogP contribution < -0.4 is 4.74 Å². The maximum atomic E-state index is 12.9. The van der Waals surface area contributed by atoms with Gasteiger partial charge < -0.3 is 14.6 Å². The maximum Gasteiger partial charge on any atom is 0.339 e. The molecule has 1 aromatic rings. The first kappa shape index (κ1) is 14.4. The van der Waals surface area contributed by atoms with Crippen molar-refractivity contribution < 1.29 is 23.8 Å². The molecule has 0 saturated carbocycles. The van der Waals surface area contributed by atoms with Gasteiger partial charge in [0.25, 0.3) is 0 Å². The van der Waals surface area contributed by atoms with Crippen LogP contribution in [0.4, 0.5) is 4.39 Å². The Bertz CT molecular complexity index is 429. The quantitative estimate of drug-likeness (QED) is 0.850. The second kappa shape index (κ2) is 5.82. The van der Waals surface area contributed by atoms with Gasteiger partial charge in [0.05, 0.1) is 12.2 Å². The highest BCUT2D eigenvalue weighted by atomic mass is 19.1. The van der Waals surface area contributed by atoms with Crippen molar-refractivity contribution in [1.82, 2.24) is 0 Å². The van der Waals surface area contributed by atoms with E-state index >= 15 is 0 Å². The predicted molar refractivity (Wildman–Crippen MR) is 64.6 cm³/mol. The highest BCUT2D eigenvalue weighted by Gasteiger charge is 2.17. The van der Waals surface area contributed by atoms with Crippen LogP contribution in [0.2, 0.25) is 0 Å². The van der Waals surface area contributed by atoms with Crippen LogP contribution in [0, 0.1) is 5.82 Å². The van der Waals surface area contributed by atoms with Gasteiger partial charge in [-0.25, -0.2) is 9.18 Å². The molecule has 1 aromatic carbocycles. The molecular formula is C13H17FO4. The van der Waals surface area contributed by atoms with E-state index < -0.39 is 11.8 Å². The SMILES string of the molecule is COC(C)(C)CCOc1ccc(F)cc1C(=O)O. The molecule has 0 bridgehead atoms. The fraction of sp³-hybridized carbons (Fsp3) is 0.462. The third kappa shape index (κ3) is 4.00. The number of methoxy groups -OCH3 is 1. The van der Waals surface area contributed by atoms with Gasteiger partial charge in [-0.3, -0.25) is 0 Å². The Morgan fingerprint density at radius 1 is 1.44 bits per heavy atom. The Kier molecular flexibility index (Phi) is 4.67. The molecule has 0 unspecified atom stereocenters. The van der Waals surface area contributed by atoms with Crippen molar-refractivity contribution in [2.75, 3.05) is 13.7 Å². The normalized spacial score (nSPS) is 11.3. The maximum absolute atomic E-state index is 12.9. The number of aromatic carboxylic acids is 1.